The summed E-state index contributed by atoms with van der Waals surface area (Å²) < 4.78 is 45.8. The summed E-state index contributed by atoms with van der Waals surface area (Å²) >= 11 is 0. The van der Waals surface area contributed by atoms with Gasteiger partial charge in [0.1, 0.15) is 13.1 Å². The van der Waals surface area contributed by atoms with Crippen LogP contribution in [0.15, 0.2) is 73.8 Å². The fraction of sp³-hybridized carbons (Fsp3) is 0.487. The minimum absolute atomic E-state index is 0.0349. The Balaban J connectivity index is 0.000000266. The van der Waals surface area contributed by atoms with Gasteiger partial charge in [-0.25, -0.2) is 9.13 Å². The van der Waals surface area contributed by atoms with E-state index in [1.54, 1.807) is 6.66 Å². The second-order valence-corrected chi connectivity index (χ2v) is 19.1. The monoisotopic (exact) mass is 720 g/mol. The van der Waals surface area contributed by atoms with Gasteiger partial charge in [-0.2, -0.15) is 0 Å². The molecule has 4 aromatic heterocycles. The SMILES string of the molecule is CC1(C)c2cnccc2-c2ccncc21.CCOP(C)(=O)CCC[n+]1ccc2c(c1)C(C)(C)c1c[n+](CCCP(=O)(OCC)OCC)ccc1-2. The molecule has 2 aliphatic carbocycles. The van der Waals surface area contributed by atoms with E-state index in [-0.39, 0.29) is 10.8 Å². The molecule has 2 aliphatic rings. The third-order valence-corrected chi connectivity index (χ3v) is 13.9. The molecule has 0 amide bonds. The Morgan fingerprint density at radius 1 is 0.620 bits per heavy atom. The summed E-state index contributed by atoms with van der Waals surface area (Å²) in [6.07, 6.45) is 18.9. The molecule has 1 atom stereocenters. The van der Waals surface area contributed by atoms with Crippen LogP contribution in [0.25, 0.3) is 22.3 Å². The van der Waals surface area contributed by atoms with Crippen LogP contribution >= 0.6 is 15.0 Å². The number of hydrogen-bond acceptors (Lipinski definition) is 7. The molecule has 4 heterocycles. The summed E-state index contributed by atoms with van der Waals surface area (Å²) in [6, 6.07) is 8.56. The predicted molar refractivity (Wildman–Crippen MR) is 199 cm³/mol. The molecule has 0 bridgehead atoms. The van der Waals surface area contributed by atoms with Crippen molar-refractivity contribution in [3.63, 3.8) is 0 Å². The van der Waals surface area contributed by atoms with E-state index in [1.165, 1.54) is 44.5 Å². The van der Waals surface area contributed by atoms with Crippen LogP contribution in [0.5, 0.6) is 0 Å². The molecule has 0 aromatic carbocycles. The summed E-state index contributed by atoms with van der Waals surface area (Å²) in [4.78, 5) is 8.43. The molecule has 9 nitrogen and oxygen atoms in total. The Labute approximate surface area is 298 Å². The lowest BCUT2D eigenvalue weighted by atomic mass is 9.84. The molecule has 0 fully saturated rings. The van der Waals surface area contributed by atoms with E-state index < -0.39 is 15.0 Å². The van der Waals surface area contributed by atoms with Crippen LogP contribution in [-0.4, -0.2) is 48.8 Å². The maximum Gasteiger partial charge on any atom is 0.330 e. The fourth-order valence-corrected chi connectivity index (χ4v) is 10.3. The second kappa shape index (κ2) is 15.7. The van der Waals surface area contributed by atoms with Crippen molar-refractivity contribution in [2.24, 2.45) is 0 Å². The van der Waals surface area contributed by atoms with E-state index in [9.17, 15) is 9.13 Å². The minimum Gasteiger partial charge on any atom is -0.329 e. The van der Waals surface area contributed by atoms with Crippen molar-refractivity contribution in [1.82, 2.24) is 9.97 Å². The molecule has 4 aromatic rings. The highest BCUT2D eigenvalue weighted by Crippen LogP contribution is 2.50. The largest absolute Gasteiger partial charge is 0.330 e. The summed E-state index contributed by atoms with van der Waals surface area (Å²) in [6.45, 7) is 19.1. The van der Waals surface area contributed by atoms with Crippen LogP contribution in [0.1, 0.15) is 83.6 Å². The third kappa shape index (κ3) is 8.19. The normalized spacial score (nSPS) is 16.0. The number of rotatable bonds is 14. The van der Waals surface area contributed by atoms with Crippen molar-refractivity contribution >= 4 is 15.0 Å². The van der Waals surface area contributed by atoms with Crippen molar-refractivity contribution in [3.05, 3.63) is 96.1 Å². The van der Waals surface area contributed by atoms with Gasteiger partial charge in [-0.05, 0) is 66.3 Å². The number of aryl methyl sites for hydroxylation is 2. The zero-order valence-corrected chi connectivity index (χ0v) is 32.8. The third-order valence-electron chi connectivity index (χ3n) is 9.83. The van der Waals surface area contributed by atoms with Gasteiger partial charge in [-0.15, -0.1) is 0 Å². The molecule has 0 saturated carbocycles. The Bertz CT molecular complexity index is 1850. The molecule has 0 N–H and O–H groups in total. The van der Waals surface area contributed by atoms with Crippen molar-refractivity contribution < 1.29 is 31.8 Å². The predicted octanol–water partition coefficient (Wildman–Crippen LogP) is 8.34. The molecule has 0 spiro atoms. The number of nitrogens with zero attached hydrogens (tertiary/aromatic N) is 4. The number of aromatic nitrogens is 4. The highest BCUT2D eigenvalue weighted by molar-refractivity contribution is 7.58. The topological polar surface area (TPSA) is 95.4 Å². The van der Waals surface area contributed by atoms with Crippen molar-refractivity contribution in [2.75, 3.05) is 38.8 Å². The maximum absolute atomic E-state index is 12.8. The second-order valence-electron chi connectivity index (χ2n) is 14.1. The minimum atomic E-state index is -3.02. The van der Waals surface area contributed by atoms with Gasteiger partial charge < -0.3 is 13.6 Å². The lowest BCUT2D eigenvalue weighted by molar-refractivity contribution is -0.697. The fourth-order valence-electron chi connectivity index (χ4n) is 7.25. The molecule has 0 radical (unpaired) electrons. The molecule has 0 aliphatic heterocycles. The Kier molecular flexibility index (Phi) is 12.0. The van der Waals surface area contributed by atoms with Crippen LogP contribution in [0.2, 0.25) is 0 Å². The van der Waals surface area contributed by atoms with Crippen LogP contribution < -0.4 is 9.13 Å². The first-order valence-electron chi connectivity index (χ1n) is 17.8. The molecule has 268 valence electrons. The maximum atomic E-state index is 12.8. The highest BCUT2D eigenvalue weighted by atomic mass is 31.2. The van der Waals surface area contributed by atoms with E-state index in [4.69, 9.17) is 13.6 Å². The molecular weight excluding hydrogens is 666 g/mol. The van der Waals surface area contributed by atoms with E-state index in [0.29, 0.717) is 32.1 Å². The van der Waals surface area contributed by atoms with Crippen LogP contribution in [0.4, 0.5) is 0 Å². The van der Waals surface area contributed by atoms with Crippen LogP contribution in [0.3, 0.4) is 0 Å². The summed E-state index contributed by atoms with van der Waals surface area (Å²) in [5.74, 6) is 0. The average molecular weight is 721 g/mol. The van der Waals surface area contributed by atoms with E-state index >= 15 is 0 Å². The molecular formula is C39H54N4O5P2+2. The molecule has 11 heteroatoms. The lowest BCUT2D eigenvalue weighted by Gasteiger charge is -2.19. The zero-order valence-electron chi connectivity index (χ0n) is 31.0. The molecule has 6 rings (SSSR count). The van der Waals surface area contributed by atoms with E-state index in [1.807, 2.05) is 45.6 Å². The van der Waals surface area contributed by atoms with Crippen LogP contribution in [0, 0.1) is 0 Å². The molecule has 50 heavy (non-hydrogen) atoms. The van der Waals surface area contributed by atoms with Gasteiger partial charge in [-0.3, -0.25) is 19.1 Å². The number of fused-ring (bicyclic) bond motifs is 6. The van der Waals surface area contributed by atoms with Crippen molar-refractivity contribution in [1.29, 1.82) is 0 Å². The van der Waals surface area contributed by atoms with Gasteiger partial charge in [0.15, 0.2) is 32.2 Å². The summed E-state index contributed by atoms with van der Waals surface area (Å²) in [5.41, 5.74) is 10.2. The van der Waals surface area contributed by atoms with Crippen molar-refractivity contribution in [2.45, 2.75) is 85.2 Å². The number of hydrogen-bond donors (Lipinski definition) is 0. The molecule has 1 unspecified atom stereocenters. The average Bonchev–Trinajstić information content (AvgIpc) is 3.44. The standard InChI is InChI=1S/C26H42N2O5P2.C13H12N2/c1-7-31-34(6,29)18-10-14-27-16-12-22-23-13-17-28(21-25(23)26(4,5)24(22)20-27)15-11-19-35(30,32-8-2)33-9-3;1-13(2)11-7-14-5-3-9(11)10-4-6-15-8-12(10)13/h12-13,16-17,20-21H,7-11,14-15,18-19H2,1-6H3;3-8H,1-2H3/q+2;. The Morgan fingerprint density at radius 3 is 1.50 bits per heavy atom. The highest BCUT2D eigenvalue weighted by Gasteiger charge is 2.40. The van der Waals surface area contributed by atoms with Gasteiger partial charge in [0.05, 0.1) is 26.0 Å². The van der Waals surface area contributed by atoms with E-state index in [0.717, 1.165) is 25.9 Å². The van der Waals surface area contributed by atoms with Gasteiger partial charge in [0.25, 0.3) is 0 Å². The van der Waals surface area contributed by atoms with Gasteiger partial charge in [0.2, 0.25) is 0 Å². The summed E-state index contributed by atoms with van der Waals surface area (Å²) in [7, 11) is -5.52. The summed E-state index contributed by atoms with van der Waals surface area (Å²) in [5, 5.41) is 0. The smallest absolute Gasteiger partial charge is 0.329 e. The number of pyridine rings is 4. The van der Waals surface area contributed by atoms with Crippen LogP contribution in [-0.2, 0) is 46.6 Å². The first kappa shape index (κ1) is 38.2. The first-order chi connectivity index (χ1) is 23.8. The van der Waals surface area contributed by atoms with Gasteiger partial charge >= 0.3 is 7.60 Å². The Morgan fingerprint density at radius 2 is 1.04 bits per heavy atom. The molecule has 0 saturated heterocycles. The first-order valence-corrected chi connectivity index (χ1v) is 21.8. The van der Waals surface area contributed by atoms with Crippen molar-refractivity contribution in [3.8, 4) is 22.3 Å². The van der Waals surface area contributed by atoms with Gasteiger partial charge in [-0.1, -0.05) is 27.7 Å². The quantitative estimate of drug-likeness (QED) is 0.0955. The van der Waals surface area contributed by atoms with Gasteiger partial charge in [0, 0.05) is 84.5 Å². The lowest BCUT2D eigenvalue weighted by Crippen LogP contribution is -2.36. The zero-order chi connectivity index (χ0) is 36.2. The van der Waals surface area contributed by atoms with E-state index in [2.05, 4.69) is 95.8 Å². The Hall–Kier alpha value is -3.06.